The molecule has 0 bridgehead atoms. The van der Waals surface area contributed by atoms with Crippen LogP contribution in [0.15, 0.2) is 77.8 Å². The number of imidazole rings is 1. The second-order valence-electron chi connectivity index (χ2n) is 8.24. The molecule has 6 nitrogen and oxygen atoms in total. The molecule has 4 aromatic rings. The van der Waals surface area contributed by atoms with E-state index in [9.17, 15) is 12.8 Å². The van der Waals surface area contributed by atoms with Crippen molar-refractivity contribution in [2.24, 2.45) is 0 Å². The molecule has 1 saturated carbocycles. The molecule has 0 unspecified atom stereocenters. The standard InChI is InChI=1S/C25H24FN3O3S/c26-19-12-14-22(15-13-19)33(30,31)32-21-10-6-7-18(17-21)24-25(27-20-8-2-1-3-9-20)29-16-5-4-11-23(29)28-24/h4-7,10-17,20,27H,1-3,8-9H2. The van der Waals surface area contributed by atoms with E-state index in [1.807, 2.05) is 34.9 Å². The van der Waals surface area contributed by atoms with E-state index in [-0.39, 0.29) is 10.6 Å². The van der Waals surface area contributed by atoms with E-state index in [0.717, 1.165) is 47.7 Å². The van der Waals surface area contributed by atoms with Crippen LogP contribution in [-0.2, 0) is 10.1 Å². The van der Waals surface area contributed by atoms with Crippen LogP contribution >= 0.6 is 0 Å². The molecule has 2 heterocycles. The molecule has 1 N–H and O–H groups in total. The van der Waals surface area contributed by atoms with Gasteiger partial charge in [0.1, 0.15) is 33.6 Å². The predicted octanol–water partition coefficient (Wildman–Crippen LogP) is 5.65. The zero-order valence-electron chi connectivity index (χ0n) is 17.9. The third kappa shape index (κ3) is 4.57. The van der Waals surface area contributed by atoms with Gasteiger partial charge in [0.2, 0.25) is 0 Å². The maximum absolute atomic E-state index is 13.2. The van der Waals surface area contributed by atoms with E-state index in [1.165, 1.54) is 31.4 Å². The molecule has 170 valence electrons. The van der Waals surface area contributed by atoms with Crippen molar-refractivity contribution in [3.8, 4) is 17.0 Å². The number of halogens is 1. The highest BCUT2D eigenvalue weighted by Gasteiger charge is 2.21. The lowest BCUT2D eigenvalue weighted by molar-refractivity contribution is 0.462. The van der Waals surface area contributed by atoms with E-state index in [4.69, 9.17) is 9.17 Å². The fourth-order valence-electron chi connectivity index (χ4n) is 4.25. The highest BCUT2D eigenvalue weighted by molar-refractivity contribution is 7.87. The lowest BCUT2D eigenvalue weighted by Crippen LogP contribution is -2.23. The van der Waals surface area contributed by atoms with Crippen molar-refractivity contribution < 1.29 is 17.0 Å². The number of rotatable bonds is 6. The van der Waals surface area contributed by atoms with Crippen molar-refractivity contribution in [3.63, 3.8) is 0 Å². The summed E-state index contributed by atoms with van der Waals surface area (Å²) < 4.78 is 45.9. The Morgan fingerprint density at radius 1 is 0.970 bits per heavy atom. The minimum absolute atomic E-state index is 0.110. The molecule has 0 amide bonds. The summed E-state index contributed by atoms with van der Waals surface area (Å²) in [5, 5.41) is 3.68. The molecule has 1 aliphatic carbocycles. The predicted molar refractivity (Wildman–Crippen MR) is 125 cm³/mol. The van der Waals surface area contributed by atoms with Gasteiger partial charge in [-0.25, -0.2) is 9.37 Å². The van der Waals surface area contributed by atoms with Crippen LogP contribution in [0.2, 0.25) is 0 Å². The van der Waals surface area contributed by atoms with Crippen LogP contribution < -0.4 is 9.50 Å². The third-order valence-corrected chi connectivity index (χ3v) is 7.15. The van der Waals surface area contributed by atoms with Crippen molar-refractivity contribution in [2.75, 3.05) is 5.32 Å². The van der Waals surface area contributed by atoms with Gasteiger partial charge in [0.05, 0.1) is 0 Å². The van der Waals surface area contributed by atoms with Crippen LogP contribution in [0.25, 0.3) is 16.9 Å². The van der Waals surface area contributed by atoms with Crippen LogP contribution in [-0.4, -0.2) is 23.8 Å². The zero-order chi connectivity index (χ0) is 22.8. The fraction of sp³-hybridized carbons (Fsp3) is 0.240. The Kier molecular flexibility index (Phi) is 5.76. The number of nitrogens with zero attached hydrogens (tertiary/aromatic N) is 2. The summed E-state index contributed by atoms with van der Waals surface area (Å²) in [6.07, 6.45) is 7.86. The van der Waals surface area contributed by atoms with Crippen molar-refractivity contribution in [2.45, 2.75) is 43.0 Å². The molecule has 2 aromatic carbocycles. The van der Waals surface area contributed by atoms with Gasteiger partial charge in [-0.15, -0.1) is 0 Å². The van der Waals surface area contributed by atoms with Crippen LogP contribution in [0.5, 0.6) is 5.75 Å². The zero-order valence-corrected chi connectivity index (χ0v) is 18.8. The van der Waals surface area contributed by atoms with Crippen LogP contribution in [0, 0.1) is 5.82 Å². The molecule has 0 atom stereocenters. The second kappa shape index (κ2) is 8.86. The number of hydrogen-bond donors (Lipinski definition) is 1. The SMILES string of the molecule is O=S(=O)(Oc1cccc(-c2nc3ccccn3c2NC2CCCCC2)c1)c1ccc(F)cc1. The topological polar surface area (TPSA) is 72.7 Å². The number of benzene rings is 2. The van der Waals surface area contributed by atoms with Gasteiger partial charge in [-0.05, 0) is 61.4 Å². The molecule has 2 aromatic heterocycles. The Bertz CT molecular complexity index is 1380. The van der Waals surface area contributed by atoms with Gasteiger partial charge in [-0.1, -0.05) is 37.5 Å². The summed E-state index contributed by atoms with van der Waals surface area (Å²) >= 11 is 0. The molecule has 5 rings (SSSR count). The normalized spacial score (nSPS) is 14.9. The van der Waals surface area contributed by atoms with Crippen LogP contribution in [0.1, 0.15) is 32.1 Å². The van der Waals surface area contributed by atoms with Crippen LogP contribution in [0.4, 0.5) is 10.2 Å². The van der Waals surface area contributed by atoms with Gasteiger partial charge >= 0.3 is 10.1 Å². The first-order valence-corrected chi connectivity index (χ1v) is 12.4. The molecule has 0 spiro atoms. The van der Waals surface area contributed by atoms with E-state index >= 15 is 0 Å². The number of fused-ring (bicyclic) bond motifs is 1. The first kappa shape index (κ1) is 21.5. The Morgan fingerprint density at radius 3 is 2.55 bits per heavy atom. The van der Waals surface area contributed by atoms with Crippen molar-refractivity contribution in [1.29, 1.82) is 0 Å². The maximum Gasteiger partial charge on any atom is 0.339 e. The quantitative estimate of drug-likeness (QED) is 0.373. The molecule has 0 saturated heterocycles. The molecular formula is C25H24FN3O3S. The number of hydrogen-bond acceptors (Lipinski definition) is 5. The minimum atomic E-state index is -4.09. The molecule has 8 heteroatoms. The largest absolute Gasteiger partial charge is 0.379 e. The van der Waals surface area contributed by atoms with Crippen molar-refractivity contribution in [3.05, 3.63) is 78.7 Å². The second-order valence-corrected chi connectivity index (χ2v) is 9.78. The molecule has 33 heavy (non-hydrogen) atoms. The lowest BCUT2D eigenvalue weighted by Gasteiger charge is -2.24. The lowest BCUT2D eigenvalue weighted by atomic mass is 9.95. The molecular weight excluding hydrogens is 441 g/mol. The Labute approximate surface area is 192 Å². The molecule has 0 aliphatic heterocycles. The van der Waals surface area contributed by atoms with Gasteiger partial charge in [0, 0.05) is 17.8 Å². The highest BCUT2D eigenvalue weighted by atomic mass is 32.2. The summed E-state index contributed by atoms with van der Waals surface area (Å²) in [6, 6.07) is 17.6. The number of anilines is 1. The molecule has 0 radical (unpaired) electrons. The number of pyridine rings is 1. The first-order valence-electron chi connectivity index (χ1n) is 11.0. The van der Waals surface area contributed by atoms with Gasteiger partial charge < -0.3 is 9.50 Å². The molecule has 1 fully saturated rings. The van der Waals surface area contributed by atoms with E-state index in [1.54, 1.807) is 18.2 Å². The van der Waals surface area contributed by atoms with Gasteiger partial charge in [-0.3, -0.25) is 4.40 Å². The van der Waals surface area contributed by atoms with Gasteiger partial charge in [-0.2, -0.15) is 8.42 Å². The van der Waals surface area contributed by atoms with Gasteiger partial charge in [0.25, 0.3) is 0 Å². The Hall–Kier alpha value is -3.39. The summed E-state index contributed by atoms with van der Waals surface area (Å²) in [4.78, 5) is 4.70. The van der Waals surface area contributed by atoms with Crippen molar-refractivity contribution in [1.82, 2.24) is 9.38 Å². The average Bonchev–Trinajstić information content (AvgIpc) is 3.18. The fourth-order valence-corrected chi connectivity index (χ4v) is 5.17. The highest BCUT2D eigenvalue weighted by Crippen LogP contribution is 2.33. The third-order valence-electron chi connectivity index (χ3n) is 5.89. The summed E-state index contributed by atoms with van der Waals surface area (Å²) in [7, 11) is -4.09. The van der Waals surface area contributed by atoms with E-state index in [0.29, 0.717) is 6.04 Å². The Morgan fingerprint density at radius 2 is 1.76 bits per heavy atom. The van der Waals surface area contributed by atoms with Crippen molar-refractivity contribution >= 4 is 21.6 Å². The molecule has 1 aliphatic rings. The van der Waals surface area contributed by atoms with E-state index in [2.05, 4.69) is 5.32 Å². The maximum atomic E-state index is 13.2. The monoisotopic (exact) mass is 465 g/mol. The smallest absolute Gasteiger partial charge is 0.339 e. The summed E-state index contributed by atoms with van der Waals surface area (Å²) in [6.45, 7) is 0. The van der Waals surface area contributed by atoms with E-state index < -0.39 is 15.9 Å². The minimum Gasteiger partial charge on any atom is -0.379 e. The average molecular weight is 466 g/mol. The van der Waals surface area contributed by atoms with Gasteiger partial charge in [0.15, 0.2) is 0 Å². The summed E-state index contributed by atoms with van der Waals surface area (Å²) in [5.41, 5.74) is 2.27. The number of nitrogens with one attached hydrogen (secondary N) is 1. The summed E-state index contributed by atoms with van der Waals surface area (Å²) in [5.74, 6) is 0.536. The first-order chi connectivity index (χ1) is 16.0. The van der Waals surface area contributed by atoms with Crippen LogP contribution in [0.3, 0.4) is 0 Å². The Balaban J connectivity index is 1.50. The number of aromatic nitrogens is 2.